The average molecular weight is 237 g/mol. The van der Waals surface area contributed by atoms with Gasteiger partial charge in [0.05, 0.1) is 19.4 Å². The molecule has 0 saturated heterocycles. The van der Waals surface area contributed by atoms with Gasteiger partial charge in [-0.25, -0.2) is 0 Å². The maximum absolute atomic E-state index is 12.2. The molecule has 0 aromatic carbocycles. The standard InChI is InChI=1S/C10H14F3NO2/c1-7(10(11,12)13)16-6-8-3-4-15-9(8)5-14-2/h3-4,7,14H,5-6H2,1-2H3. The van der Waals surface area contributed by atoms with E-state index >= 15 is 0 Å². The van der Waals surface area contributed by atoms with Crippen LogP contribution >= 0.6 is 0 Å². The van der Waals surface area contributed by atoms with Crippen molar-refractivity contribution in [2.75, 3.05) is 7.05 Å². The van der Waals surface area contributed by atoms with Crippen LogP contribution in [0.4, 0.5) is 13.2 Å². The highest BCUT2D eigenvalue weighted by Gasteiger charge is 2.36. The van der Waals surface area contributed by atoms with Crippen molar-refractivity contribution in [2.45, 2.75) is 32.4 Å². The van der Waals surface area contributed by atoms with E-state index in [-0.39, 0.29) is 6.61 Å². The summed E-state index contributed by atoms with van der Waals surface area (Å²) in [5.41, 5.74) is 0.630. The van der Waals surface area contributed by atoms with E-state index in [1.807, 2.05) is 0 Å². The molecule has 0 bridgehead atoms. The Hall–Kier alpha value is -1.01. The smallest absolute Gasteiger partial charge is 0.414 e. The van der Waals surface area contributed by atoms with Gasteiger partial charge in [-0.15, -0.1) is 0 Å². The predicted octanol–water partition coefficient (Wildman–Crippen LogP) is 2.47. The third-order valence-corrected chi connectivity index (χ3v) is 2.12. The molecular weight excluding hydrogens is 223 g/mol. The summed E-state index contributed by atoms with van der Waals surface area (Å²) in [5, 5.41) is 2.86. The molecule has 1 aromatic heterocycles. The molecule has 0 radical (unpaired) electrons. The molecule has 1 rings (SSSR count). The van der Waals surface area contributed by atoms with Gasteiger partial charge in [-0.2, -0.15) is 13.2 Å². The Morgan fingerprint density at radius 2 is 2.19 bits per heavy atom. The summed E-state index contributed by atoms with van der Waals surface area (Å²) in [6.45, 7) is 1.35. The Labute approximate surface area is 91.6 Å². The summed E-state index contributed by atoms with van der Waals surface area (Å²) < 4.78 is 46.3. The van der Waals surface area contributed by atoms with Crippen molar-refractivity contribution in [2.24, 2.45) is 0 Å². The zero-order valence-corrected chi connectivity index (χ0v) is 9.10. The number of furan rings is 1. The zero-order valence-electron chi connectivity index (χ0n) is 9.10. The van der Waals surface area contributed by atoms with Gasteiger partial charge >= 0.3 is 6.18 Å². The fraction of sp³-hybridized carbons (Fsp3) is 0.600. The van der Waals surface area contributed by atoms with Gasteiger partial charge in [-0.05, 0) is 20.0 Å². The van der Waals surface area contributed by atoms with E-state index in [9.17, 15) is 13.2 Å². The number of rotatable bonds is 5. The van der Waals surface area contributed by atoms with Crippen molar-refractivity contribution in [3.8, 4) is 0 Å². The maximum Gasteiger partial charge on any atom is 0.414 e. The van der Waals surface area contributed by atoms with Crippen LogP contribution in [0.3, 0.4) is 0 Å². The minimum atomic E-state index is -4.33. The molecule has 1 N–H and O–H groups in total. The highest BCUT2D eigenvalue weighted by atomic mass is 19.4. The Balaban J connectivity index is 2.51. The summed E-state index contributed by atoms with van der Waals surface area (Å²) in [4.78, 5) is 0. The lowest BCUT2D eigenvalue weighted by Gasteiger charge is -2.16. The molecule has 0 aliphatic rings. The van der Waals surface area contributed by atoms with Gasteiger partial charge in [0.2, 0.25) is 0 Å². The molecule has 1 aromatic rings. The second-order valence-electron chi connectivity index (χ2n) is 3.39. The fourth-order valence-electron chi connectivity index (χ4n) is 1.12. The first-order valence-corrected chi connectivity index (χ1v) is 4.83. The van der Waals surface area contributed by atoms with Crippen LogP contribution in [0.1, 0.15) is 18.2 Å². The van der Waals surface area contributed by atoms with Gasteiger partial charge < -0.3 is 14.5 Å². The Kier molecular flexibility index (Phi) is 4.37. The van der Waals surface area contributed by atoms with Gasteiger partial charge in [0.1, 0.15) is 5.76 Å². The first kappa shape index (κ1) is 13.1. The number of hydrogen-bond acceptors (Lipinski definition) is 3. The lowest BCUT2D eigenvalue weighted by Crippen LogP contribution is -2.28. The van der Waals surface area contributed by atoms with E-state index < -0.39 is 12.3 Å². The third kappa shape index (κ3) is 3.53. The molecule has 0 aliphatic carbocycles. The Bertz CT molecular complexity index is 322. The lowest BCUT2D eigenvalue weighted by molar-refractivity contribution is -0.217. The second-order valence-corrected chi connectivity index (χ2v) is 3.39. The summed E-state index contributed by atoms with van der Waals surface area (Å²) >= 11 is 0. The van der Waals surface area contributed by atoms with Crippen molar-refractivity contribution >= 4 is 0 Å². The van der Waals surface area contributed by atoms with Crippen molar-refractivity contribution in [1.29, 1.82) is 0 Å². The molecule has 3 nitrogen and oxygen atoms in total. The van der Waals surface area contributed by atoms with Gasteiger partial charge in [0, 0.05) is 5.56 Å². The van der Waals surface area contributed by atoms with E-state index in [0.29, 0.717) is 17.9 Å². The van der Waals surface area contributed by atoms with E-state index in [2.05, 4.69) is 5.32 Å². The molecule has 0 saturated carbocycles. The number of hydrogen-bond donors (Lipinski definition) is 1. The van der Waals surface area contributed by atoms with Crippen LogP contribution in [0.5, 0.6) is 0 Å². The molecule has 1 unspecified atom stereocenters. The SMILES string of the molecule is CNCc1occc1COC(C)C(F)(F)F. The maximum atomic E-state index is 12.2. The van der Waals surface area contributed by atoms with E-state index in [4.69, 9.17) is 9.15 Å². The quantitative estimate of drug-likeness (QED) is 0.854. The van der Waals surface area contributed by atoms with Crippen LogP contribution in [0, 0.1) is 0 Å². The Morgan fingerprint density at radius 1 is 1.50 bits per heavy atom. The van der Waals surface area contributed by atoms with Crippen molar-refractivity contribution in [1.82, 2.24) is 5.32 Å². The van der Waals surface area contributed by atoms with E-state index in [0.717, 1.165) is 6.92 Å². The normalized spacial score (nSPS) is 14.1. The molecular formula is C10H14F3NO2. The third-order valence-electron chi connectivity index (χ3n) is 2.12. The summed E-state index contributed by atoms with van der Waals surface area (Å²) in [6.07, 6.45) is -4.67. The topological polar surface area (TPSA) is 34.4 Å². The average Bonchev–Trinajstić information content (AvgIpc) is 2.61. The summed E-state index contributed by atoms with van der Waals surface area (Å²) in [6, 6.07) is 1.61. The molecule has 1 heterocycles. The number of halogens is 3. The molecule has 16 heavy (non-hydrogen) atoms. The van der Waals surface area contributed by atoms with Crippen molar-refractivity contribution in [3.05, 3.63) is 23.7 Å². The highest BCUT2D eigenvalue weighted by molar-refractivity contribution is 5.15. The van der Waals surface area contributed by atoms with Crippen molar-refractivity contribution in [3.63, 3.8) is 0 Å². The molecule has 6 heteroatoms. The molecule has 92 valence electrons. The molecule has 0 fully saturated rings. The fourth-order valence-corrected chi connectivity index (χ4v) is 1.12. The van der Waals surface area contributed by atoms with E-state index in [1.165, 1.54) is 6.26 Å². The van der Waals surface area contributed by atoms with Gasteiger partial charge in [-0.3, -0.25) is 0 Å². The predicted molar refractivity (Wildman–Crippen MR) is 51.8 cm³/mol. The van der Waals surface area contributed by atoms with Crippen molar-refractivity contribution < 1.29 is 22.3 Å². The molecule has 0 aliphatic heterocycles. The molecule has 1 atom stereocenters. The van der Waals surface area contributed by atoms with Crippen LogP contribution in [0.25, 0.3) is 0 Å². The lowest BCUT2D eigenvalue weighted by atomic mass is 10.2. The molecule has 0 amide bonds. The first-order chi connectivity index (χ1) is 7.45. The largest absolute Gasteiger partial charge is 0.468 e. The number of alkyl halides is 3. The zero-order chi connectivity index (χ0) is 12.2. The summed E-state index contributed by atoms with van der Waals surface area (Å²) in [5.74, 6) is 0.594. The minimum absolute atomic E-state index is 0.103. The van der Waals surface area contributed by atoms with Gasteiger partial charge in [-0.1, -0.05) is 0 Å². The first-order valence-electron chi connectivity index (χ1n) is 4.83. The highest BCUT2D eigenvalue weighted by Crippen LogP contribution is 2.24. The van der Waals surface area contributed by atoms with E-state index in [1.54, 1.807) is 13.1 Å². The van der Waals surface area contributed by atoms with Gasteiger partial charge in [0.15, 0.2) is 6.10 Å². The van der Waals surface area contributed by atoms with Crippen LogP contribution < -0.4 is 5.32 Å². The second kappa shape index (κ2) is 5.36. The monoisotopic (exact) mass is 237 g/mol. The van der Waals surface area contributed by atoms with Crippen LogP contribution in [-0.2, 0) is 17.9 Å². The minimum Gasteiger partial charge on any atom is -0.468 e. The van der Waals surface area contributed by atoms with Gasteiger partial charge in [0.25, 0.3) is 0 Å². The Morgan fingerprint density at radius 3 is 2.75 bits per heavy atom. The number of nitrogens with one attached hydrogen (secondary N) is 1. The summed E-state index contributed by atoms with van der Waals surface area (Å²) in [7, 11) is 1.73. The van der Waals surface area contributed by atoms with Crippen LogP contribution in [0.2, 0.25) is 0 Å². The molecule has 0 spiro atoms. The number of ether oxygens (including phenoxy) is 1. The van der Waals surface area contributed by atoms with Crippen LogP contribution in [0.15, 0.2) is 16.7 Å². The van der Waals surface area contributed by atoms with Crippen LogP contribution in [-0.4, -0.2) is 19.3 Å².